The van der Waals surface area contributed by atoms with Gasteiger partial charge in [-0.3, -0.25) is 9.59 Å². The van der Waals surface area contributed by atoms with Crippen molar-refractivity contribution in [2.75, 3.05) is 6.54 Å². The Balaban J connectivity index is 2.78. The van der Waals surface area contributed by atoms with Crippen LogP contribution in [0.25, 0.3) is 0 Å². The lowest BCUT2D eigenvalue weighted by atomic mass is 9.74. The van der Waals surface area contributed by atoms with Crippen molar-refractivity contribution in [1.29, 1.82) is 0 Å². The summed E-state index contributed by atoms with van der Waals surface area (Å²) in [6, 6.07) is 0. The molecule has 0 aliphatic heterocycles. The highest BCUT2D eigenvalue weighted by Gasteiger charge is 2.46. The molecule has 4 N–H and O–H groups in total. The smallest absolute Gasteiger partial charge is 0.311 e. The summed E-state index contributed by atoms with van der Waals surface area (Å²) in [7, 11) is 0. The van der Waals surface area contributed by atoms with Gasteiger partial charge in [-0.15, -0.1) is 0 Å². The molecular weight excluding hydrogens is 244 g/mol. The number of carboxylic acids is 1. The van der Waals surface area contributed by atoms with Gasteiger partial charge in [0.2, 0.25) is 5.91 Å². The van der Waals surface area contributed by atoms with E-state index < -0.39 is 16.9 Å². The molecule has 2 atom stereocenters. The molecule has 110 valence electrons. The summed E-state index contributed by atoms with van der Waals surface area (Å²) >= 11 is 0. The Morgan fingerprint density at radius 1 is 1.26 bits per heavy atom. The molecule has 0 bridgehead atoms. The Bertz CT molecular complexity index is 364. The van der Waals surface area contributed by atoms with Crippen LogP contribution in [-0.4, -0.2) is 29.1 Å². The first-order valence-corrected chi connectivity index (χ1v) is 6.89. The fourth-order valence-corrected chi connectivity index (χ4v) is 2.49. The minimum absolute atomic E-state index is 0.0627. The van der Waals surface area contributed by atoms with Crippen molar-refractivity contribution in [2.45, 2.75) is 52.5 Å². The summed E-state index contributed by atoms with van der Waals surface area (Å²) in [4.78, 5) is 23.7. The summed E-state index contributed by atoms with van der Waals surface area (Å²) in [6.07, 6.45) is 2.84. The molecule has 1 fully saturated rings. The molecule has 0 saturated heterocycles. The maximum Gasteiger partial charge on any atom is 0.311 e. The topological polar surface area (TPSA) is 92.4 Å². The Morgan fingerprint density at radius 2 is 1.84 bits per heavy atom. The van der Waals surface area contributed by atoms with Crippen LogP contribution in [0.4, 0.5) is 0 Å². The number of carbonyl (C=O) groups excluding carboxylic acids is 1. The van der Waals surface area contributed by atoms with Gasteiger partial charge in [0.1, 0.15) is 0 Å². The molecule has 0 aromatic heterocycles. The van der Waals surface area contributed by atoms with Gasteiger partial charge in [-0.1, -0.05) is 6.42 Å². The second-order valence-corrected chi connectivity index (χ2v) is 6.58. The zero-order valence-electron chi connectivity index (χ0n) is 12.3. The fraction of sp³-hybridized carbons (Fsp3) is 0.857. The van der Waals surface area contributed by atoms with Crippen LogP contribution in [0.2, 0.25) is 0 Å². The molecule has 0 spiro atoms. The third kappa shape index (κ3) is 3.08. The molecule has 1 aliphatic carbocycles. The molecule has 5 heteroatoms. The lowest BCUT2D eigenvalue weighted by molar-refractivity contribution is -0.152. The van der Waals surface area contributed by atoms with E-state index in [0.29, 0.717) is 6.54 Å². The van der Waals surface area contributed by atoms with Gasteiger partial charge < -0.3 is 16.2 Å². The summed E-state index contributed by atoms with van der Waals surface area (Å²) in [6.45, 7) is 7.28. The van der Waals surface area contributed by atoms with Crippen LogP contribution in [0.5, 0.6) is 0 Å². The zero-order valence-corrected chi connectivity index (χ0v) is 12.3. The fourth-order valence-electron chi connectivity index (χ4n) is 2.49. The quantitative estimate of drug-likeness (QED) is 0.703. The molecule has 1 saturated carbocycles. The van der Waals surface area contributed by atoms with Crippen LogP contribution in [0, 0.1) is 17.3 Å². The monoisotopic (exact) mass is 270 g/mol. The van der Waals surface area contributed by atoms with Crippen LogP contribution in [-0.2, 0) is 9.59 Å². The maximum absolute atomic E-state index is 12.3. The van der Waals surface area contributed by atoms with Crippen LogP contribution in [0.15, 0.2) is 0 Å². The first kappa shape index (κ1) is 16.0. The number of nitrogens with two attached hydrogens (primary N) is 1. The molecule has 0 heterocycles. The first-order chi connectivity index (χ1) is 8.63. The van der Waals surface area contributed by atoms with Crippen molar-refractivity contribution in [3.8, 4) is 0 Å². The normalized spacial score (nSPS) is 24.3. The predicted octanol–water partition coefficient (Wildman–Crippen LogP) is 1.37. The number of carbonyl (C=O) groups is 2. The number of nitrogens with one attached hydrogen (secondary N) is 1. The average Bonchev–Trinajstić information content (AvgIpc) is 2.75. The highest BCUT2D eigenvalue weighted by atomic mass is 16.4. The van der Waals surface area contributed by atoms with Crippen LogP contribution >= 0.6 is 0 Å². The van der Waals surface area contributed by atoms with Gasteiger partial charge in [0.25, 0.3) is 0 Å². The van der Waals surface area contributed by atoms with Gasteiger partial charge in [-0.2, -0.15) is 0 Å². The van der Waals surface area contributed by atoms with E-state index in [1.54, 1.807) is 27.7 Å². The molecule has 1 aliphatic rings. The van der Waals surface area contributed by atoms with Crippen molar-refractivity contribution >= 4 is 11.9 Å². The molecule has 19 heavy (non-hydrogen) atoms. The van der Waals surface area contributed by atoms with Crippen molar-refractivity contribution in [3.05, 3.63) is 0 Å². The molecule has 1 amide bonds. The zero-order chi connectivity index (χ0) is 14.8. The average molecular weight is 270 g/mol. The molecule has 5 nitrogen and oxygen atoms in total. The van der Waals surface area contributed by atoms with E-state index in [9.17, 15) is 14.7 Å². The summed E-state index contributed by atoms with van der Waals surface area (Å²) in [5.41, 5.74) is 3.85. The second-order valence-electron chi connectivity index (χ2n) is 6.58. The minimum Gasteiger partial charge on any atom is -0.481 e. The number of carboxylic acid groups (broad SMARTS) is 1. The van der Waals surface area contributed by atoms with Crippen LogP contribution in [0.3, 0.4) is 0 Å². The first-order valence-electron chi connectivity index (χ1n) is 6.89. The number of rotatable bonds is 5. The third-order valence-electron chi connectivity index (χ3n) is 4.83. The van der Waals surface area contributed by atoms with E-state index in [1.807, 2.05) is 0 Å². The van der Waals surface area contributed by atoms with Gasteiger partial charge in [-0.05, 0) is 53.0 Å². The van der Waals surface area contributed by atoms with Gasteiger partial charge in [-0.25, -0.2) is 0 Å². The Morgan fingerprint density at radius 3 is 2.32 bits per heavy atom. The predicted molar refractivity (Wildman–Crippen MR) is 73.5 cm³/mol. The Kier molecular flexibility index (Phi) is 4.61. The standard InChI is InChI=1S/C14H26N2O3/c1-13(2,12(18)19)14(3,4)16-11(17)10-7-5-6-9(10)8-15/h9-10H,5-8,15H2,1-4H3,(H,16,17)(H,18,19). The van der Waals surface area contributed by atoms with Gasteiger partial charge >= 0.3 is 5.97 Å². The number of hydrogen-bond acceptors (Lipinski definition) is 3. The van der Waals surface area contributed by atoms with E-state index in [2.05, 4.69) is 5.32 Å². The van der Waals surface area contributed by atoms with Gasteiger partial charge in [0.05, 0.1) is 5.41 Å². The summed E-state index contributed by atoms with van der Waals surface area (Å²) in [5, 5.41) is 12.2. The molecule has 2 unspecified atom stereocenters. The number of amides is 1. The molecular formula is C14H26N2O3. The van der Waals surface area contributed by atoms with Gasteiger partial charge in [0.15, 0.2) is 0 Å². The van der Waals surface area contributed by atoms with Crippen molar-refractivity contribution < 1.29 is 14.7 Å². The maximum atomic E-state index is 12.3. The van der Waals surface area contributed by atoms with E-state index in [4.69, 9.17) is 5.73 Å². The third-order valence-corrected chi connectivity index (χ3v) is 4.83. The minimum atomic E-state index is -1.03. The van der Waals surface area contributed by atoms with Crippen molar-refractivity contribution in [2.24, 2.45) is 23.0 Å². The number of hydrogen-bond donors (Lipinski definition) is 3. The van der Waals surface area contributed by atoms with Crippen LogP contribution in [0.1, 0.15) is 47.0 Å². The highest BCUT2D eigenvalue weighted by molar-refractivity contribution is 5.82. The molecule has 0 radical (unpaired) electrons. The lowest BCUT2D eigenvalue weighted by Gasteiger charge is -2.39. The van der Waals surface area contributed by atoms with E-state index in [-0.39, 0.29) is 17.7 Å². The van der Waals surface area contributed by atoms with Crippen LogP contribution < -0.4 is 11.1 Å². The lowest BCUT2D eigenvalue weighted by Crippen LogP contribution is -2.58. The largest absolute Gasteiger partial charge is 0.481 e. The Labute approximate surface area is 114 Å². The van der Waals surface area contributed by atoms with Crippen molar-refractivity contribution in [1.82, 2.24) is 5.32 Å². The SMILES string of the molecule is CC(C)(NC(=O)C1CCCC1CN)C(C)(C)C(=O)O. The highest BCUT2D eigenvalue weighted by Crippen LogP contribution is 2.34. The van der Waals surface area contributed by atoms with Gasteiger partial charge in [0, 0.05) is 11.5 Å². The number of aliphatic carboxylic acids is 1. The Hall–Kier alpha value is -1.10. The molecule has 0 aromatic rings. The van der Waals surface area contributed by atoms with E-state index in [1.165, 1.54) is 0 Å². The second kappa shape index (κ2) is 5.49. The summed E-state index contributed by atoms with van der Waals surface area (Å²) in [5.74, 6) is -0.829. The van der Waals surface area contributed by atoms with E-state index >= 15 is 0 Å². The van der Waals surface area contributed by atoms with Crippen molar-refractivity contribution in [3.63, 3.8) is 0 Å². The molecule has 1 rings (SSSR count). The molecule has 0 aromatic carbocycles. The van der Waals surface area contributed by atoms with E-state index in [0.717, 1.165) is 19.3 Å². The summed E-state index contributed by atoms with van der Waals surface area (Å²) < 4.78 is 0.